The molecule has 2 aromatic rings. The molecule has 2 aromatic carbocycles. The minimum Gasteiger partial charge on any atom is -0.465 e. The number of para-hydroxylation sites is 2. The minimum absolute atomic E-state index is 0.203. The predicted molar refractivity (Wildman–Crippen MR) is 146 cm³/mol. The van der Waals surface area contributed by atoms with E-state index in [1.165, 1.54) is 10.4 Å². The molecule has 0 atom stereocenters. The molecular formula is C26H43NO4Si2. The maximum Gasteiger partial charge on any atom is 0.188 e. The van der Waals surface area contributed by atoms with Crippen molar-refractivity contribution in [3.05, 3.63) is 36.4 Å². The molecule has 0 fully saturated rings. The highest BCUT2D eigenvalue weighted by atomic mass is 28.3. The number of ether oxygens (including phenoxy) is 4. The van der Waals surface area contributed by atoms with Crippen LogP contribution in [-0.2, 0) is 9.47 Å². The van der Waals surface area contributed by atoms with Crippen molar-refractivity contribution in [3.8, 4) is 11.5 Å². The Bertz CT molecular complexity index is 858. The number of rotatable bonds is 10. The van der Waals surface area contributed by atoms with E-state index in [1.807, 2.05) is 0 Å². The zero-order valence-electron chi connectivity index (χ0n) is 22.5. The van der Waals surface area contributed by atoms with Gasteiger partial charge < -0.3 is 23.8 Å². The van der Waals surface area contributed by atoms with Crippen LogP contribution in [0, 0.1) is 0 Å². The monoisotopic (exact) mass is 489 g/mol. The Hall–Kier alpha value is -1.81. The molecule has 0 heterocycles. The Kier molecular flexibility index (Phi) is 8.84. The van der Waals surface area contributed by atoms with Gasteiger partial charge in [-0.25, -0.2) is 0 Å². The second-order valence-corrected chi connectivity index (χ2v) is 21.5. The zero-order valence-corrected chi connectivity index (χ0v) is 24.5. The summed E-state index contributed by atoms with van der Waals surface area (Å²) in [5, 5.41) is 2.54. The van der Waals surface area contributed by atoms with Crippen LogP contribution in [0.1, 0.15) is 20.8 Å². The van der Waals surface area contributed by atoms with Crippen LogP contribution in [0.25, 0.3) is 0 Å². The van der Waals surface area contributed by atoms with Crippen LogP contribution in [0.3, 0.4) is 0 Å². The maximum atomic E-state index is 6.27. The van der Waals surface area contributed by atoms with Gasteiger partial charge in [0.15, 0.2) is 13.6 Å². The molecule has 33 heavy (non-hydrogen) atoms. The fourth-order valence-electron chi connectivity index (χ4n) is 3.97. The highest BCUT2D eigenvalue weighted by molar-refractivity contribution is 6.90. The number of methoxy groups -OCH3 is 2. The molecule has 0 radical (unpaired) electrons. The van der Waals surface area contributed by atoms with E-state index >= 15 is 0 Å². The lowest BCUT2D eigenvalue weighted by Gasteiger charge is -2.41. The molecule has 0 N–H and O–H groups in total. The summed E-state index contributed by atoms with van der Waals surface area (Å²) in [6.07, 6.45) is 0. The Morgan fingerprint density at radius 2 is 1.03 bits per heavy atom. The van der Waals surface area contributed by atoms with Crippen LogP contribution in [0.15, 0.2) is 36.4 Å². The minimum atomic E-state index is -1.69. The third kappa shape index (κ3) is 6.62. The van der Waals surface area contributed by atoms with Crippen molar-refractivity contribution in [2.24, 2.45) is 0 Å². The van der Waals surface area contributed by atoms with Gasteiger partial charge in [0.2, 0.25) is 0 Å². The molecule has 0 aliphatic carbocycles. The van der Waals surface area contributed by atoms with Gasteiger partial charge in [0.1, 0.15) is 11.5 Å². The fraction of sp³-hybridized carbons (Fsp3) is 0.538. The van der Waals surface area contributed by atoms with Gasteiger partial charge in [-0.3, -0.25) is 0 Å². The summed E-state index contributed by atoms with van der Waals surface area (Å²) in [7, 11) is -0.0660. The molecule has 0 spiro atoms. The van der Waals surface area contributed by atoms with Gasteiger partial charge in [-0.15, -0.1) is 0 Å². The van der Waals surface area contributed by atoms with E-state index in [9.17, 15) is 0 Å². The number of hydrogen-bond acceptors (Lipinski definition) is 5. The second-order valence-electron chi connectivity index (χ2n) is 11.4. The van der Waals surface area contributed by atoms with Crippen molar-refractivity contribution >= 4 is 37.9 Å². The predicted octanol–water partition coefficient (Wildman–Crippen LogP) is 5.68. The van der Waals surface area contributed by atoms with E-state index in [4.69, 9.17) is 18.9 Å². The van der Waals surface area contributed by atoms with Crippen LogP contribution in [0.4, 0.5) is 11.4 Å². The summed E-state index contributed by atoms with van der Waals surface area (Å²) in [6.45, 7) is 21.1. The van der Waals surface area contributed by atoms with E-state index in [0.29, 0.717) is 0 Å². The smallest absolute Gasteiger partial charge is 0.188 e. The van der Waals surface area contributed by atoms with Crippen LogP contribution in [0.2, 0.25) is 39.3 Å². The van der Waals surface area contributed by atoms with E-state index < -0.39 is 16.1 Å². The number of anilines is 2. The number of hydrogen-bond donors (Lipinski definition) is 0. The molecule has 0 aromatic heterocycles. The first-order valence-electron chi connectivity index (χ1n) is 11.5. The molecule has 2 rings (SSSR count). The van der Waals surface area contributed by atoms with Crippen LogP contribution in [0.5, 0.6) is 11.5 Å². The lowest BCUT2D eigenvalue weighted by atomic mass is 10.0. The van der Waals surface area contributed by atoms with Gasteiger partial charge in [0.05, 0.1) is 27.5 Å². The molecule has 7 heteroatoms. The summed E-state index contributed by atoms with van der Waals surface area (Å²) in [4.78, 5) is 2.34. The largest absolute Gasteiger partial charge is 0.465 e. The highest BCUT2D eigenvalue weighted by Gasteiger charge is 2.34. The summed E-state index contributed by atoms with van der Waals surface area (Å²) < 4.78 is 23.2. The summed E-state index contributed by atoms with van der Waals surface area (Å²) >= 11 is 0. The first kappa shape index (κ1) is 27.4. The Morgan fingerprint density at radius 1 is 0.667 bits per heavy atom. The van der Waals surface area contributed by atoms with Crippen LogP contribution < -0.4 is 24.7 Å². The lowest BCUT2D eigenvalue weighted by Crippen LogP contribution is -2.44. The van der Waals surface area contributed by atoms with E-state index in [-0.39, 0.29) is 19.1 Å². The topological polar surface area (TPSA) is 40.2 Å². The summed E-state index contributed by atoms with van der Waals surface area (Å²) in [6, 6.07) is 13.0. The van der Waals surface area contributed by atoms with Gasteiger partial charge in [0.25, 0.3) is 0 Å². The Labute approximate surface area is 203 Å². The molecule has 0 unspecified atom stereocenters. The molecule has 0 aliphatic rings. The average molecular weight is 490 g/mol. The van der Waals surface area contributed by atoms with Gasteiger partial charge in [-0.05, 0) is 43.3 Å². The van der Waals surface area contributed by atoms with Gasteiger partial charge in [0, 0.05) is 19.8 Å². The van der Waals surface area contributed by atoms with E-state index in [1.54, 1.807) is 14.2 Å². The molecule has 0 bridgehead atoms. The van der Waals surface area contributed by atoms with Crippen molar-refractivity contribution in [2.75, 3.05) is 32.7 Å². The quantitative estimate of drug-likeness (QED) is 0.317. The summed E-state index contributed by atoms with van der Waals surface area (Å²) in [5.74, 6) is 1.79. The normalized spacial score (nSPS) is 12.6. The lowest BCUT2D eigenvalue weighted by molar-refractivity contribution is 0.0515. The van der Waals surface area contributed by atoms with Gasteiger partial charge in [-0.2, -0.15) is 0 Å². The number of nitrogens with zero attached hydrogens (tertiary/aromatic N) is 1. The third-order valence-corrected chi connectivity index (χ3v) is 9.42. The van der Waals surface area contributed by atoms with Crippen LogP contribution in [-0.4, -0.2) is 49.5 Å². The van der Waals surface area contributed by atoms with Crippen molar-refractivity contribution in [1.82, 2.24) is 0 Å². The standard InChI is InChI=1S/C26H43NO4Si2/c1-26(2,3)27(20-14-12-16-22(32(6,7)8)24(20)30-18-28-4)21-15-13-17-23(33(9,10)11)25(21)31-19-29-5/h12-17H,18-19H2,1-11H3. The van der Waals surface area contributed by atoms with Crippen LogP contribution >= 0.6 is 0 Å². The molecule has 0 saturated heterocycles. The molecule has 0 aliphatic heterocycles. The molecule has 0 saturated carbocycles. The third-order valence-electron chi connectivity index (χ3n) is 5.40. The molecule has 0 amide bonds. The number of benzene rings is 2. The Morgan fingerprint density at radius 3 is 1.30 bits per heavy atom. The van der Waals surface area contributed by atoms with Crippen molar-refractivity contribution in [1.29, 1.82) is 0 Å². The SMILES string of the molecule is COCOc1c(N(c2cccc([Si](C)(C)C)c2OCOC)C(C)(C)C)cccc1[Si](C)(C)C. The van der Waals surface area contributed by atoms with Crippen molar-refractivity contribution < 1.29 is 18.9 Å². The second kappa shape index (κ2) is 10.6. The van der Waals surface area contributed by atoms with E-state index in [0.717, 1.165) is 22.9 Å². The molecule has 5 nitrogen and oxygen atoms in total. The summed E-state index contributed by atoms with van der Waals surface area (Å²) in [5.41, 5.74) is 1.80. The molecule has 184 valence electrons. The van der Waals surface area contributed by atoms with Crippen molar-refractivity contribution in [3.63, 3.8) is 0 Å². The first-order valence-corrected chi connectivity index (χ1v) is 18.5. The highest BCUT2D eigenvalue weighted by Crippen LogP contribution is 2.43. The Balaban J connectivity index is 2.89. The average Bonchev–Trinajstić information content (AvgIpc) is 2.69. The zero-order chi connectivity index (χ0) is 25.0. The van der Waals surface area contributed by atoms with Gasteiger partial charge >= 0.3 is 0 Å². The fourth-order valence-corrected chi connectivity index (χ4v) is 6.93. The maximum absolute atomic E-state index is 6.27. The first-order chi connectivity index (χ1) is 15.2. The van der Waals surface area contributed by atoms with E-state index in [2.05, 4.69) is 101 Å². The van der Waals surface area contributed by atoms with Crippen molar-refractivity contribution in [2.45, 2.75) is 65.6 Å². The van der Waals surface area contributed by atoms with Gasteiger partial charge in [-0.1, -0.05) is 63.5 Å². The molecular weight excluding hydrogens is 446 g/mol.